The molecule has 0 amide bonds. The Morgan fingerprint density at radius 2 is 1.83 bits per heavy atom. The number of hydrogen-bond donors (Lipinski definition) is 0. The van der Waals surface area contributed by atoms with Gasteiger partial charge in [-0.25, -0.2) is 0 Å². The number of rotatable bonds is 1. The summed E-state index contributed by atoms with van der Waals surface area (Å²) < 4.78 is 2.02. The number of nitrogens with zero attached hydrogens (tertiary/aromatic N) is 2. The van der Waals surface area contributed by atoms with Crippen molar-refractivity contribution in [3.05, 3.63) is 55.1 Å². The van der Waals surface area contributed by atoms with Gasteiger partial charge in [0.2, 0.25) is 5.69 Å². The molecule has 0 aliphatic heterocycles. The van der Waals surface area contributed by atoms with Gasteiger partial charge in [0.1, 0.15) is 0 Å². The fourth-order valence-electron chi connectivity index (χ4n) is 1.08. The summed E-state index contributed by atoms with van der Waals surface area (Å²) in [7, 11) is 0. The van der Waals surface area contributed by atoms with E-state index in [-0.39, 0.29) is 0 Å². The molecule has 0 unspecified atom stereocenters. The first-order valence-electron chi connectivity index (χ1n) is 3.83. The highest BCUT2D eigenvalue weighted by Gasteiger charge is 2.00. The summed E-state index contributed by atoms with van der Waals surface area (Å²) in [6.07, 6.45) is 7.60. The maximum atomic E-state index is 4.04. The van der Waals surface area contributed by atoms with Gasteiger partial charge in [0.25, 0.3) is 0 Å². The summed E-state index contributed by atoms with van der Waals surface area (Å²) in [6.45, 7) is 0. The van der Waals surface area contributed by atoms with Gasteiger partial charge in [-0.2, -0.15) is 4.57 Å². The molecule has 0 fully saturated rings. The highest BCUT2D eigenvalue weighted by molar-refractivity contribution is 5.15. The molecule has 58 valence electrons. The Bertz CT molecular complexity index is 305. The summed E-state index contributed by atoms with van der Waals surface area (Å²) in [4.78, 5) is 4.04. The molecule has 0 spiro atoms. The van der Waals surface area contributed by atoms with Gasteiger partial charge in [-0.1, -0.05) is 6.07 Å². The maximum absolute atomic E-state index is 4.04. The molecule has 12 heavy (non-hydrogen) atoms. The lowest BCUT2D eigenvalue weighted by Crippen LogP contribution is -2.28. The molecule has 0 aliphatic carbocycles. The number of hydrogen-bond acceptors (Lipinski definition) is 1. The predicted molar refractivity (Wildman–Crippen MR) is 45.8 cm³/mol. The zero-order valence-electron chi connectivity index (χ0n) is 6.59. The van der Waals surface area contributed by atoms with E-state index in [4.69, 9.17) is 0 Å². The maximum Gasteiger partial charge on any atom is 0.229 e. The lowest BCUT2D eigenvalue weighted by molar-refractivity contribution is -0.596. The first kappa shape index (κ1) is 6.98. The molecular weight excluding hydrogens is 148 g/mol. The van der Waals surface area contributed by atoms with Crippen LogP contribution in [0, 0.1) is 0 Å². The topological polar surface area (TPSA) is 16.8 Å². The van der Waals surface area contributed by atoms with Crippen LogP contribution in [-0.4, -0.2) is 4.98 Å². The Morgan fingerprint density at radius 3 is 2.50 bits per heavy atom. The van der Waals surface area contributed by atoms with Crippen molar-refractivity contribution in [2.45, 2.75) is 0 Å². The van der Waals surface area contributed by atoms with Crippen molar-refractivity contribution in [3.8, 4) is 5.69 Å². The molecule has 2 aromatic heterocycles. The normalized spacial score (nSPS) is 9.67. The SMILES string of the molecule is c1cc[n+](-c2cccnc2)cc1. The van der Waals surface area contributed by atoms with Crippen LogP contribution in [0.5, 0.6) is 0 Å². The fourth-order valence-corrected chi connectivity index (χ4v) is 1.08. The molecular formula is C10H9N2+. The van der Waals surface area contributed by atoms with E-state index in [9.17, 15) is 0 Å². The third-order valence-corrected chi connectivity index (χ3v) is 1.66. The molecule has 2 aromatic rings. The fraction of sp³-hybridized carbons (Fsp3) is 0. The first-order valence-corrected chi connectivity index (χ1v) is 3.83. The standard InChI is InChI=1S/C10H9N2/c1-2-7-12(8-3-1)10-5-4-6-11-9-10/h1-9H/q+1. The van der Waals surface area contributed by atoms with Gasteiger partial charge in [0.05, 0.1) is 6.20 Å². The summed E-state index contributed by atoms with van der Waals surface area (Å²) in [5, 5.41) is 0. The minimum absolute atomic E-state index is 1.08. The molecule has 0 radical (unpaired) electrons. The number of aromatic nitrogens is 2. The highest BCUT2D eigenvalue weighted by Crippen LogP contribution is 1.93. The smallest absolute Gasteiger partial charge is 0.229 e. The molecule has 0 aromatic carbocycles. The summed E-state index contributed by atoms with van der Waals surface area (Å²) >= 11 is 0. The summed E-state index contributed by atoms with van der Waals surface area (Å²) in [6, 6.07) is 9.93. The van der Waals surface area contributed by atoms with Gasteiger partial charge in [-0.05, 0) is 6.07 Å². The van der Waals surface area contributed by atoms with E-state index >= 15 is 0 Å². The summed E-state index contributed by atoms with van der Waals surface area (Å²) in [5.41, 5.74) is 1.08. The molecule has 2 nitrogen and oxygen atoms in total. The largest absolute Gasteiger partial charge is 0.258 e. The van der Waals surface area contributed by atoms with Crippen molar-refractivity contribution in [2.24, 2.45) is 0 Å². The van der Waals surface area contributed by atoms with Gasteiger partial charge in [0, 0.05) is 24.4 Å². The minimum Gasteiger partial charge on any atom is -0.258 e. The monoisotopic (exact) mass is 157 g/mol. The zero-order chi connectivity index (χ0) is 8.23. The molecule has 0 aliphatic rings. The van der Waals surface area contributed by atoms with Crippen LogP contribution in [0.25, 0.3) is 5.69 Å². The van der Waals surface area contributed by atoms with E-state index in [1.807, 2.05) is 53.5 Å². The summed E-state index contributed by atoms with van der Waals surface area (Å²) in [5.74, 6) is 0. The average Bonchev–Trinajstić information content (AvgIpc) is 2.21. The predicted octanol–water partition coefficient (Wildman–Crippen LogP) is 1.36. The highest BCUT2D eigenvalue weighted by atomic mass is 14.9. The quantitative estimate of drug-likeness (QED) is 0.571. The lowest BCUT2D eigenvalue weighted by atomic mass is 10.4. The van der Waals surface area contributed by atoms with Crippen LogP contribution in [-0.2, 0) is 0 Å². The third-order valence-electron chi connectivity index (χ3n) is 1.66. The van der Waals surface area contributed by atoms with Crippen molar-refractivity contribution in [1.82, 2.24) is 4.98 Å². The van der Waals surface area contributed by atoms with E-state index in [0.717, 1.165) is 5.69 Å². The van der Waals surface area contributed by atoms with Crippen LogP contribution < -0.4 is 4.57 Å². The second kappa shape index (κ2) is 3.13. The van der Waals surface area contributed by atoms with Crippen LogP contribution in [0.1, 0.15) is 0 Å². The van der Waals surface area contributed by atoms with E-state index in [0.29, 0.717) is 0 Å². The van der Waals surface area contributed by atoms with Crippen LogP contribution in [0.15, 0.2) is 55.1 Å². The van der Waals surface area contributed by atoms with Crippen LogP contribution in [0.2, 0.25) is 0 Å². The molecule has 0 atom stereocenters. The van der Waals surface area contributed by atoms with Gasteiger partial charge < -0.3 is 0 Å². The lowest BCUT2D eigenvalue weighted by Gasteiger charge is -1.91. The van der Waals surface area contributed by atoms with E-state index in [1.54, 1.807) is 6.20 Å². The van der Waals surface area contributed by atoms with Gasteiger partial charge in [0.15, 0.2) is 12.4 Å². The second-order valence-corrected chi connectivity index (χ2v) is 2.49. The van der Waals surface area contributed by atoms with Crippen LogP contribution in [0.4, 0.5) is 0 Å². The van der Waals surface area contributed by atoms with Crippen molar-refractivity contribution >= 4 is 0 Å². The van der Waals surface area contributed by atoms with Crippen LogP contribution in [0.3, 0.4) is 0 Å². The average molecular weight is 157 g/mol. The zero-order valence-corrected chi connectivity index (χ0v) is 6.59. The molecule has 0 saturated heterocycles. The Morgan fingerprint density at radius 1 is 1.00 bits per heavy atom. The molecule has 0 bridgehead atoms. The molecule has 2 rings (SSSR count). The van der Waals surface area contributed by atoms with Crippen molar-refractivity contribution < 1.29 is 4.57 Å². The van der Waals surface area contributed by atoms with E-state index in [1.165, 1.54) is 0 Å². The van der Waals surface area contributed by atoms with Gasteiger partial charge in [-0.15, -0.1) is 0 Å². The Kier molecular flexibility index (Phi) is 1.82. The molecule has 0 N–H and O–H groups in total. The Hall–Kier alpha value is -1.70. The third kappa shape index (κ3) is 1.32. The molecule has 2 heteroatoms. The van der Waals surface area contributed by atoms with E-state index < -0.39 is 0 Å². The minimum atomic E-state index is 1.08. The molecule has 0 saturated carbocycles. The Labute approximate surface area is 71.1 Å². The van der Waals surface area contributed by atoms with Gasteiger partial charge in [-0.3, -0.25) is 4.98 Å². The second-order valence-electron chi connectivity index (χ2n) is 2.49. The number of pyridine rings is 2. The van der Waals surface area contributed by atoms with Crippen LogP contribution >= 0.6 is 0 Å². The van der Waals surface area contributed by atoms with Crippen molar-refractivity contribution in [1.29, 1.82) is 0 Å². The van der Waals surface area contributed by atoms with Crippen molar-refractivity contribution in [3.63, 3.8) is 0 Å². The van der Waals surface area contributed by atoms with Crippen molar-refractivity contribution in [2.75, 3.05) is 0 Å². The van der Waals surface area contributed by atoms with Gasteiger partial charge >= 0.3 is 0 Å². The first-order chi connectivity index (χ1) is 5.97. The van der Waals surface area contributed by atoms with E-state index in [2.05, 4.69) is 4.98 Å². The Balaban J connectivity index is 2.46. The molecule has 2 heterocycles.